The zero-order chi connectivity index (χ0) is 25.6. The fraction of sp³-hybridized carbons (Fsp3) is 0.714. The van der Waals surface area contributed by atoms with Gasteiger partial charge in [0.1, 0.15) is 0 Å². The largest absolute Gasteiger partial charge is 0.469 e. The molecular formula is C28H44N2O5. The molecular weight excluding hydrogens is 444 g/mol. The minimum Gasteiger partial charge on any atom is -0.469 e. The van der Waals surface area contributed by atoms with Gasteiger partial charge in [0.2, 0.25) is 5.91 Å². The van der Waals surface area contributed by atoms with Crippen molar-refractivity contribution in [1.29, 1.82) is 0 Å². The molecule has 0 bridgehead atoms. The Morgan fingerprint density at radius 1 is 1.17 bits per heavy atom. The van der Waals surface area contributed by atoms with Gasteiger partial charge in [-0.15, -0.1) is 0 Å². The molecule has 1 aromatic rings. The number of methoxy groups -OCH3 is 2. The average molecular weight is 489 g/mol. The van der Waals surface area contributed by atoms with Crippen molar-refractivity contribution in [2.24, 2.45) is 17.6 Å². The summed E-state index contributed by atoms with van der Waals surface area (Å²) >= 11 is 0. The topological polar surface area (TPSA) is 111 Å². The quantitative estimate of drug-likeness (QED) is 0.411. The lowest BCUT2D eigenvalue weighted by Gasteiger charge is -2.49. The lowest BCUT2D eigenvalue weighted by atomic mass is 9.62. The summed E-state index contributed by atoms with van der Waals surface area (Å²) in [5.41, 5.74) is 8.32. The summed E-state index contributed by atoms with van der Waals surface area (Å²) in [7, 11) is 3.22. The van der Waals surface area contributed by atoms with Crippen LogP contribution in [0.1, 0.15) is 86.7 Å². The van der Waals surface area contributed by atoms with Crippen LogP contribution in [0, 0.1) is 11.8 Å². The number of rotatable bonds is 11. The van der Waals surface area contributed by atoms with Gasteiger partial charge in [0.15, 0.2) is 0 Å². The lowest BCUT2D eigenvalue weighted by molar-refractivity contribution is -0.146. The highest BCUT2D eigenvalue weighted by Gasteiger charge is 2.47. The first-order valence-electron chi connectivity index (χ1n) is 13.2. The van der Waals surface area contributed by atoms with Crippen molar-refractivity contribution >= 4 is 11.9 Å². The average Bonchev–Trinajstić information content (AvgIpc) is 2.87. The van der Waals surface area contributed by atoms with Crippen LogP contribution in [-0.4, -0.2) is 56.0 Å². The van der Waals surface area contributed by atoms with Crippen LogP contribution in [0.15, 0.2) is 18.2 Å². The van der Waals surface area contributed by atoms with Crippen LogP contribution in [-0.2, 0) is 26.1 Å². The van der Waals surface area contributed by atoms with Gasteiger partial charge in [-0.2, -0.15) is 0 Å². The summed E-state index contributed by atoms with van der Waals surface area (Å²) < 4.78 is 11.1. The molecule has 4 N–H and O–H groups in total. The van der Waals surface area contributed by atoms with E-state index in [1.807, 2.05) is 18.2 Å². The van der Waals surface area contributed by atoms with Crippen LogP contribution in [0.2, 0.25) is 0 Å². The number of primary amides is 1. The van der Waals surface area contributed by atoms with Gasteiger partial charge in [-0.1, -0.05) is 19.9 Å². The smallest absolute Gasteiger partial charge is 0.308 e. The molecule has 0 spiro atoms. The molecule has 35 heavy (non-hydrogen) atoms. The zero-order valence-corrected chi connectivity index (χ0v) is 21.8. The van der Waals surface area contributed by atoms with Crippen LogP contribution in [0.5, 0.6) is 0 Å². The number of amides is 1. The van der Waals surface area contributed by atoms with Crippen LogP contribution in [0.25, 0.3) is 0 Å². The number of nitrogens with one attached hydrogen (secondary N) is 1. The number of aliphatic hydroxyl groups is 1. The van der Waals surface area contributed by atoms with Gasteiger partial charge in [0, 0.05) is 30.6 Å². The monoisotopic (exact) mass is 488 g/mol. The Balaban J connectivity index is 1.78. The highest BCUT2D eigenvalue weighted by molar-refractivity contribution is 5.93. The number of carbonyl (C=O) groups excluding carboxylic acids is 2. The lowest BCUT2D eigenvalue weighted by Crippen LogP contribution is -2.59. The number of hydrogen-bond acceptors (Lipinski definition) is 6. The molecule has 1 unspecified atom stereocenters. The molecule has 0 heterocycles. The van der Waals surface area contributed by atoms with Crippen molar-refractivity contribution in [3.63, 3.8) is 0 Å². The van der Waals surface area contributed by atoms with Crippen LogP contribution < -0.4 is 11.1 Å². The van der Waals surface area contributed by atoms with Gasteiger partial charge in [-0.25, -0.2) is 0 Å². The van der Waals surface area contributed by atoms with Crippen molar-refractivity contribution in [3.8, 4) is 0 Å². The molecule has 1 aromatic carbocycles. The van der Waals surface area contributed by atoms with Crippen molar-refractivity contribution in [1.82, 2.24) is 5.32 Å². The second-order valence-corrected chi connectivity index (χ2v) is 10.4. The fourth-order valence-corrected chi connectivity index (χ4v) is 6.54. The van der Waals surface area contributed by atoms with E-state index in [0.29, 0.717) is 24.4 Å². The molecule has 7 nitrogen and oxygen atoms in total. The Morgan fingerprint density at radius 3 is 2.43 bits per heavy atom. The first kappa shape index (κ1) is 27.6. The summed E-state index contributed by atoms with van der Waals surface area (Å²) in [6.45, 7) is 5.05. The summed E-state index contributed by atoms with van der Waals surface area (Å²) in [5, 5.41) is 13.6. The SMILES string of the molecule is CCC1(CC)c2cc(C(N)=O)ccc2C[C@H](OC)[C@H]1NCCC(C[C@H]1CC[C@@H](O)CC1)C(=O)OC. The van der Waals surface area contributed by atoms with Crippen LogP contribution in [0.4, 0.5) is 0 Å². The molecule has 3 atom stereocenters. The number of aliphatic hydroxyl groups excluding tert-OH is 1. The van der Waals surface area contributed by atoms with Crippen molar-refractivity contribution in [2.75, 3.05) is 20.8 Å². The number of ether oxygens (including phenoxy) is 2. The Labute approximate surface area is 210 Å². The predicted molar refractivity (Wildman–Crippen MR) is 136 cm³/mol. The van der Waals surface area contributed by atoms with Crippen LogP contribution in [0.3, 0.4) is 0 Å². The van der Waals surface area contributed by atoms with E-state index in [0.717, 1.165) is 51.4 Å². The Hall–Kier alpha value is -1.96. The maximum absolute atomic E-state index is 12.6. The minimum atomic E-state index is -0.413. The second-order valence-electron chi connectivity index (χ2n) is 10.4. The van der Waals surface area contributed by atoms with Gasteiger partial charge < -0.3 is 25.6 Å². The number of hydrogen-bond donors (Lipinski definition) is 3. The first-order valence-corrected chi connectivity index (χ1v) is 13.2. The normalized spacial score (nSPS) is 26.5. The molecule has 196 valence electrons. The number of carbonyl (C=O) groups is 2. The van der Waals surface area contributed by atoms with Gasteiger partial charge in [0.05, 0.1) is 25.2 Å². The van der Waals surface area contributed by atoms with Crippen molar-refractivity contribution < 1.29 is 24.2 Å². The van der Waals surface area contributed by atoms with E-state index in [9.17, 15) is 14.7 Å². The number of nitrogens with two attached hydrogens (primary N) is 1. The highest BCUT2D eigenvalue weighted by atomic mass is 16.5. The molecule has 0 saturated heterocycles. The van der Waals surface area contributed by atoms with Crippen molar-refractivity contribution in [3.05, 3.63) is 34.9 Å². The van der Waals surface area contributed by atoms with Gasteiger partial charge in [-0.05, 0) is 87.1 Å². The fourth-order valence-electron chi connectivity index (χ4n) is 6.54. The molecule has 1 fully saturated rings. The summed E-state index contributed by atoms with van der Waals surface area (Å²) in [4.78, 5) is 24.5. The molecule has 7 heteroatoms. The van der Waals surface area contributed by atoms with E-state index in [1.54, 1.807) is 7.11 Å². The molecule has 0 aromatic heterocycles. The standard InChI is InChI=1S/C28H44N2O5/c1-5-28(6-2)23-16-20(26(29)32)10-9-19(23)17-24(34-3)25(28)30-14-13-21(27(33)35-4)15-18-7-11-22(31)12-8-18/h9-10,16,18,21-22,24-25,30-31H,5-8,11-15,17H2,1-4H3,(H2,29,32)/t18-,21?,22+,24-,25+/m0/s1. The highest BCUT2D eigenvalue weighted by Crippen LogP contribution is 2.44. The van der Waals surface area contributed by atoms with E-state index < -0.39 is 5.91 Å². The Kier molecular flexibility index (Phi) is 9.73. The van der Waals surface area contributed by atoms with E-state index in [1.165, 1.54) is 18.2 Å². The minimum absolute atomic E-state index is 0.0155. The first-order chi connectivity index (χ1) is 16.8. The maximum Gasteiger partial charge on any atom is 0.308 e. The van der Waals surface area contributed by atoms with Gasteiger partial charge in [0.25, 0.3) is 0 Å². The van der Waals surface area contributed by atoms with E-state index in [2.05, 4.69) is 19.2 Å². The van der Waals surface area contributed by atoms with E-state index in [4.69, 9.17) is 15.2 Å². The molecule has 0 radical (unpaired) electrons. The van der Waals surface area contributed by atoms with Gasteiger partial charge >= 0.3 is 5.97 Å². The molecule has 1 saturated carbocycles. The second kappa shape index (κ2) is 12.3. The van der Waals surface area contributed by atoms with Crippen molar-refractivity contribution in [2.45, 2.75) is 95.3 Å². The third kappa shape index (κ3) is 6.07. The summed E-state index contributed by atoms with van der Waals surface area (Å²) in [6.07, 6.45) is 7.38. The molecule has 0 aliphatic heterocycles. The van der Waals surface area contributed by atoms with E-state index in [-0.39, 0.29) is 35.6 Å². The molecule has 1 amide bonds. The molecule has 2 aliphatic carbocycles. The summed E-state index contributed by atoms with van der Waals surface area (Å²) in [6, 6.07) is 5.84. The maximum atomic E-state index is 12.6. The molecule has 2 aliphatic rings. The third-order valence-electron chi connectivity index (χ3n) is 8.71. The molecule has 3 rings (SSSR count). The third-order valence-corrected chi connectivity index (χ3v) is 8.71. The summed E-state index contributed by atoms with van der Waals surface area (Å²) in [5.74, 6) is -0.279. The van der Waals surface area contributed by atoms with E-state index >= 15 is 0 Å². The number of benzene rings is 1. The predicted octanol–water partition coefficient (Wildman–Crippen LogP) is 3.49. The number of esters is 1. The Bertz CT molecular complexity index is 861. The zero-order valence-electron chi connectivity index (χ0n) is 21.8. The van der Waals surface area contributed by atoms with Crippen LogP contribution >= 0.6 is 0 Å². The Morgan fingerprint density at radius 2 is 1.86 bits per heavy atom. The van der Waals surface area contributed by atoms with Gasteiger partial charge in [-0.3, -0.25) is 9.59 Å². The number of fused-ring (bicyclic) bond motifs is 1.